The SMILES string of the molecule is COCCOCCc1nc(C2CC2)c(CN)s1. The molecule has 1 aromatic heterocycles. The van der Waals surface area contributed by atoms with Gasteiger partial charge in [-0.3, -0.25) is 0 Å². The molecule has 4 nitrogen and oxygen atoms in total. The quantitative estimate of drug-likeness (QED) is 0.719. The second kappa shape index (κ2) is 6.44. The molecule has 0 aliphatic heterocycles. The number of ether oxygens (including phenoxy) is 2. The molecule has 0 bridgehead atoms. The van der Waals surface area contributed by atoms with Gasteiger partial charge >= 0.3 is 0 Å². The zero-order valence-corrected chi connectivity index (χ0v) is 11.1. The summed E-state index contributed by atoms with van der Waals surface area (Å²) in [6.45, 7) is 2.64. The molecule has 0 amide bonds. The Bertz CT molecular complexity index is 350. The Balaban J connectivity index is 1.80. The molecule has 2 N–H and O–H groups in total. The first-order valence-corrected chi connectivity index (χ1v) is 6.92. The van der Waals surface area contributed by atoms with Crippen molar-refractivity contribution in [2.45, 2.75) is 31.7 Å². The van der Waals surface area contributed by atoms with E-state index in [4.69, 9.17) is 15.2 Å². The van der Waals surface area contributed by atoms with Gasteiger partial charge < -0.3 is 15.2 Å². The highest BCUT2D eigenvalue weighted by atomic mass is 32.1. The van der Waals surface area contributed by atoms with Crippen LogP contribution < -0.4 is 5.73 Å². The molecule has 1 heterocycles. The third kappa shape index (κ3) is 3.74. The van der Waals surface area contributed by atoms with Gasteiger partial charge in [0.15, 0.2) is 0 Å². The Morgan fingerprint density at radius 2 is 2.18 bits per heavy atom. The maximum absolute atomic E-state index is 5.75. The van der Waals surface area contributed by atoms with Crippen LogP contribution in [0, 0.1) is 0 Å². The molecule has 0 unspecified atom stereocenters. The molecule has 1 fully saturated rings. The second-order valence-electron chi connectivity index (χ2n) is 4.25. The summed E-state index contributed by atoms with van der Waals surface area (Å²) in [6.07, 6.45) is 3.44. The van der Waals surface area contributed by atoms with Gasteiger partial charge in [0.25, 0.3) is 0 Å². The highest BCUT2D eigenvalue weighted by Crippen LogP contribution is 2.42. The van der Waals surface area contributed by atoms with Crippen LogP contribution in [-0.4, -0.2) is 31.9 Å². The highest BCUT2D eigenvalue weighted by molar-refractivity contribution is 7.11. The first-order chi connectivity index (χ1) is 8.35. The zero-order chi connectivity index (χ0) is 12.1. The van der Waals surface area contributed by atoms with Crippen LogP contribution in [0.15, 0.2) is 0 Å². The Labute approximate surface area is 106 Å². The minimum atomic E-state index is 0.619. The van der Waals surface area contributed by atoms with E-state index in [-0.39, 0.29) is 0 Å². The summed E-state index contributed by atoms with van der Waals surface area (Å²) < 4.78 is 10.4. The van der Waals surface area contributed by atoms with E-state index in [2.05, 4.69) is 4.98 Å². The largest absolute Gasteiger partial charge is 0.382 e. The van der Waals surface area contributed by atoms with Crippen LogP contribution in [0.1, 0.15) is 34.3 Å². The molecule has 1 saturated carbocycles. The topological polar surface area (TPSA) is 57.4 Å². The van der Waals surface area contributed by atoms with Gasteiger partial charge in [-0.05, 0) is 12.8 Å². The lowest BCUT2D eigenvalue weighted by atomic mass is 10.2. The van der Waals surface area contributed by atoms with Crippen LogP contribution in [0.3, 0.4) is 0 Å². The van der Waals surface area contributed by atoms with Gasteiger partial charge in [0.2, 0.25) is 0 Å². The van der Waals surface area contributed by atoms with Crippen LogP contribution in [-0.2, 0) is 22.4 Å². The van der Waals surface area contributed by atoms with Crippen molar-refractivity contribution in [2.24, 2.45) is 5.73 Å². The van der Waals surface area contributed by atoms with Crippen molar-refractivity contribution in [3.8, 4) is 0 Å². The monoisotopic (exact) mass is 256 g/mol. The van der Waals surface area contributed by atoms with Crippen molar-refractivity contribution in [3.63, 3.8) is 0 Å². The first-order valence-electron chi connectivity index (χ1n) is 6.10. The van der Waals surface area contributed by atoms with Crippen LogP contribution in [0.2, 0.25) is 0 Å². The fourth-order valence-corrected chi connectivity index (χ4v) is 2.76. The molecule has 0 aromatic carbocycles. The van der Waals surface area contributed by atoms with E-state index < -0.39 is 0 Å². The van der Waals surface area contributed by atoms with E-state index in [1.807, 2.05) is 0 Å². The molecule has 1 aromatic rings. The maximum Gasteiger partial charge on any atom is 0.0954 e. The lowest BCUT2D eigenvalue weighted by molar-refractivity contribution is 0.0722. The Kier molecular flexibility index (Phi) is 4.91. The molecular formula is C12H20N2O2S. The van der Waals surface area contributed by atoms with Crippen molar-refractivity contribution in [1.29, 1.82) is 0 Å². The van der Waals surface area contributed by atoms with Crippen LogP contribution in [0.5, 0.6) is 0 Å². The Morgan fingerprint density at radius 3 is 2.82 bits per heavy atom. The van der Waals surface area contributed by atoms with Crippen molar-refractivity contribution < 1.29 is 9.47 Å². The Morgan fingerprint density at radius 1 is 1.35 bits per heavy atom. The molecule has 0 spiro atoms. The van der Waals surface area contributed by atoms with E-state index >= 15 is 0 Å². The van der Waals surface area contributed by atoms with E-state index in [9.17, 15) is 0 Å². The van der Waals surface area contributed by atoms with Gasteiger partial charge in [-0.15, -0.1) is 11.3 Å². The minimum absolute atomic E-state index is 0.619. The van der Waals surface area contributed by atoms with Crippen molar-refractivity contribution in [1.82, 2.24) is 4.98 Å². The molecule has 0 saturated heterocycles. The number of nitrogens with two attached hydrogens (primary N) is 1. The number of hydrogen-bond donors (Lipinski definition) is 1. The lowest BCUT2D eigenvalue weighted by Crippen LogP contribution is -2.04. The normalized spacial score (nSPS) is 15.4. The number of methoxy groups -OCH3 is 1. The van der Waals surface area contributed by atoms with Gasteiger partial charge in [-0.25, -0.2) is 4.98 Å². The minimum Gasteiger partial charge on any atom is -0.382 e. The van der Waals surface area contributed by atoms with E-state index in [0.29, 0.717) is 32.3 Å². The van der Waals surface area contributed by atoms with E-state index in [1.165, 1.54) is 23.4 Å². The first kappa shape index (κ1) is 13.0. The molecule has 1 aliphatic carbocycles. The lowest BCUT2D eigenvalue weighted by Gasteiger charge is -2.00. The summed E-state index contributed by atoms with van der Waals surface area (Å²) in [7, 11) is 1.68. The number of aromatic nitrogens is 1. The summed E-state index contributed by atoms with van der Waals surface area (Å²) in [4.78, 5) is 5.95. The van der Waals surface area contributed by atoms with Crippen molar-refractivity contribution in [2.75, 3.05) is 26.9 Å². The predicted molar refractivity (Wildman–Crippen MR) is 68.4 cm³/mol. The average molecular weight is 256 g/mol. The van der Waals surface area contributed by atoms with Crippen molar-refractivity contribution >= 4 is 11.3 Å². The standard InChI is InChI=1S/C12H20N2O2S/c1-15-6-7-16-5-4-11-14-12(9-2-3-9)10(8-13)17-11/h9H,2-8,13H2,1H3. The van der Waals surface area contributed by atoms with Gasteiger partial charge in [-0.1, -0.05) is 0 Å². The number of nitrogens with zero attached hydrogens (tertiary/aromatic N) is 1. The van der Waals surface area contributed by atoms with Crippen LogP contribution >= 0.6 is 11.3 Å². The Hall–Kier alpha value is -0.490. The highest BCUT2D eigenvalue weighted by Gasteiger charge is 2.28. The predicted octanol–water partition coefficient (Wildman–Crippen LogP) is 1.68. The second-order valence-corrected chi connectivity index (χ2v) is 5.42. The molecule has 0 atom stereocenters. The molecule has 96 valence electrons. The number of rotatable bonds is 8. The molecular weight excluding hydrogens is 236 g/mol. The third-order valence-corrected chi connectivity index (χ3v) is 3.97. The summed E-state index contributed by atoms with van der Waals surface area (Å²) in [6, 6.07) is 0. The zero-order valence-electron chi connectivity index (χ0n) is 10.3. The maximum atomic E-state index is 5.75. The third-order valence-electron chi connectivity index (χ3n) is 2.81. The summed E-state index contributed by atoms with van der Waals surface area (Å²) >= 11 is 1.74. The molecule has 2 rings (SSSR count). The summed E-state index contributed by atoms with van der Waals surface area (Å²) in [5.74, 6) is 0.688. The summed E-state index contributed by atoms with van der Waals surface area (Å²) in [5, 5.41) is 1.16. The number of thiazole rings is 1. The average Bonchev–Trinajstić information content (AvgIpc) is 3.10. The van der Waals surface area contributed by atoms with Gasteiger partial charge in [0, 0.05) is 30.9 Å². The smallest absolute Gasteiger partial charge is 0.0954 e. The van der Waals surface area contributed by atoms with Gasteiger partial charge in [0.1, 0.15) is 0 Å². The van der Waals surface area contributed by atoms with Crippen LogP contribution in [0.25, 0.3) is 0 Å². The van der Waals surface area contributed by atoms with Gasteiger partial charge in [-0.2, -0.15) is 0 Å². The fraction of sp³-hybridized carbons (Fsp3) is 0.750. The van der Waals surface area contributed by atoms with E-state index in [1.54, 1.807) is 18.4 Å². The summed E-state index contributed by atoms with van der Waals surface area (Å²) in [5.41, 5.74) is 7.00. The molecule has 0 radical (unpaired) electrons. The number of hydrogen-bond acceptors (Lipinski definition) is 5. The van der Waals surface area contributed by atoms with Crippen molar-refractivity contribution in [3.05, 3.63) is 15.6 Å². The molecule has 17 heavy (non-hydrogen) atoms. The molecule has 1 aliphatic rings. The van der Waals surface area contributed by atoms with Gasteiger partial charge in [0.05, 0.1) is 30.5 Å². The fourth-order valence-electron chi connectivity index (χ4n) is 1.75. The van der Waals surface area contributed by atoms with Crippen LogP contribution in [0.4, 0.5) is 0 Å². The molecule has 5 heteroatoms. The van der Waals surface area contributed by atoms with E-state index in [0.717, 1.165) is 11.4 Å².